The number of hydrogen-bond acceptors (Lipinski definition) is 9. The minimum atomic E-state index is -3.72. The van der Waals surface area contributed by atoms with Crippen LogP contribution in [0.15, 0.2) is 42.5 Å². The van der Waals surface area contributed by atoms with Crippen molar-refractivity contribution in [3.63, 3.8) is 0 Å². The largest absolute Gasteiger partial charge is 0.496 e. The van der Waals surface area contributed by atoms with E-state index in [1.807, 2.05) is 35.2 Å². The fourth-order valence-corrected chi connectivity index (χ4v) is 6.74. The van der Waals surface area contributed by atoms with Crippen LogP contribution in [0, 0.1) is 0 Å². The third-order valence-corrected chi connectivity index (χ3v) is 9.51. The lowest BCUT2D eigenvalue weighted by atomic mass is 9.82. The maximum absolute atomic E-state index is 13.5. The van der Waals surface area contributed by atoms with E-state index in [2.05, 4.69) is 4.98 Å². The van der Waals surface area contributed by atoms with Gasteiger partial charge in [-0.3, -0.25) is 9.59 Å². The number of pyridine rings is 1. The molecule has 222 valence electrons. The quantitative estimate of drug-likeness (QED) is 0.469. The Bertz CT molecular complexity index is 1660. The van der Waals surface area contributed by atoms with Gasteiger partial charge in [-0.25, -0.2) is 10.1 Å². The highest BCUT2D eigenvalue weighted by Gasteiger charge is 2.44. The summed E-state index contributed by atoms with van der Waals surface area (Å²) in [6.45, 7) is 2.36. The minimum absolute atomic E-state index is 0.00549. The number of ketones is 1. The predicted octanol–water partition coefficient (Wildman–Crippen LogP) is 2.22. The molecule has 2 aromatic carbocycles. The van der Waals surface area contributed by atoms with Gasteiger partial charge in [0, 0.05) is 69.3 Å². The highest BCUT2D eigenvalue weighted by Crippen LogP contribution is 2.41. The first-order valence-corrected chi connectivity index (χ1v) is 15.3. The Morgan fingerprint density at radius 1 is 0.976 bits per heavy atom. The summed E-state index contributed by atoms with van der Waals surface area (Å²) in [5.41, 5.74) is 1.50. The number of hydrogen-bond donors (Lipinski definition) is 1. The van der Waals surface area contributed by atoms with E-state index in [0.717, 1.165) is 11.1 Å². The molecule has 0 radical (unpaired) electrons. The monoisotopic (exact) mass is 595 g/mol. The molecule has 0 saturated carbocycles. The molecule has 0 bridgehead atoms. The fraction of sp³-hybridized carbons (Fsp3) is 0.414. The highest BCUT2D eigenvalue weighted by atomic mass is 32.2. The summed E-state index contributed by atoms with van der Waals surface area (Å²) >= 11 is 0. The van der Waals surface area contributed by atoms with Crippen LogP contribution in [0.25, 0.3) is 10.9 Å². The fourth-order valence-electron chi connectivity index (χ4n) is 6.07. The molecule has 12 nitrogen and oxygen atoms in total. The lowest BCUT2D eigenvalue weighted by molar-refractivity contribution is -0.00584. The molecule has 4 heterocycles. The molecule has 6 rings (SSSR count). The van der Waals surface area contributed by atoms with Crippen molar-refractivity contribution in [3.8, 4) is 17.2 Å². The Kier molecular flexibility index (Phi) is 7.19. The number of anilines is 1. The first-order chi connectivity index (χ1) is 20.1. The van der Waals surface area contributed by atoms with Gasteiger partial charge < -0.3 is 24.0 Å². The summed E-state index contributed by atoms with van der Waals surface area (Å²) in [6.07, 6.45) is 1.24. The standard InChI is InChI=1S/C29H33N5O7S/c1-39-25-5-3-4-20-26(40-2)17-22(31-27(20)25)28(36)33-10-8-29(9-11-33)18-23(35)21-16-19(6-7-24(21)41-29)32-12-14-34(15-13-32)42(30,37)38/h3-7,16-17H,8-15,18H2,1-2H3,(H2,30,37,38). The van der Waals surface area contributed by atoms with Crippen molar-refractivity contribution in [1.82, 2.24) is 14.2 Å². The zero-order valence-corrected chi connectivity index (χ0v) is 24.4. The Balaban J connectivity index is 1.15. The summed E-state index contributed by atoms with van der Waals surface area (Å²) in [4.78, 5) is 35.3. The average molecular weight is 596 g/mol. The second kappa shape index (κ2) is 10.7. The van der Waals surface area contributed by atoms with Gasteiger partial charge in [0.25, 0.3) is 16.1 Å². The molecule has 1 amide bonds. The number of fused-ring (bicyclic) bond motifs is 2. The van der Waals surface area contributed by atoms with Gasteiger partial charge in [0.2, 0.25) is 0 Å². The molecule has 2 fully saturated rings. The van der Waals surface area contributed by atoms with Crippen molar-refractivity contribution in [2.75, 3.05) is 58.4 Å². The number of likely N-dealkylation sites (tertiary alicyclic amines) is 1. The van der Waals surface area contributed by atoms with Crippen LogP contribution in [0.5, 0.6) is 17.2 Å². The summed E-state index contributed by atoms with van der Waals surface area (Å²) in [7, 11) is -0.602. The summed E-state index contributed by atoms with van der Waals surface area (Å²) in [6, 6.07) is 12.7. The van der Waals surface area contributed by atoms with Crippen LogP contribution < -0.4 is 24.2 Å². The lowest BCUT2D eigenvalue weighted by Crippen LogP contribution is -2.52. The number of methoxy groups -OCH3 is 2. The summed E-state index contributed by atoms with van der Waals surface area (Å²) in [5, 5.41) is 6.01. The van der Waals surface area contributed by atoms with Gasteiger partial charge in [-0.05, 0) is 30.3 Å². The SMILES string of the molecule is COc1cc(C(=O)N2CCC3(CC2)CC(=O)c2cc(N4CCN(S(N)(=O)=O)CC4)ccc2O3)nc2c(OC)cccc12. The number of nitrogens with two attached hydrogens (primary N) is 1. The second-order valence-electron chi connectivity index (χ2n) is 10.9. The van der Waals surface area contributed by atoms with Gasteiger partial charge in [0.1, 0.15) is 34.1 Å². The number of benzene rings is 2. The number of piperidine rings is 1. The topological polar surface area (TPSA) is 145 Å². The normalized spacial score (nSPS) is 19.0. The third kappa shape index (κ3) is 5.12. The lowest BCUT2D eigenvalue weighted by Gasteiger charge is -2.44. The van der Waals surface area contributed by atoms with E-state index < -0.39 is 15.8 Å². The van der Waals surface area contributed by atoms with E-state index in [0.29, 0.717) is 67.3 Å². The van der Waals surface area contributed by atoms with E-state index >= 15 is 0 Å². The van der Waals surface area contributed by atoms with Gasteiger partial charge in [0.15, 0.2) is 5.78 Å². The van der Waals surface area contributed by atoms with Crippen molar-refractivity contribution >= 4 is 38.5 Å². The van der Waals surface area contributed by atoms with Crippen molar-refractivity contribution in [2.24, 2.45) is 5.14 Å². The Morgan fingerprint density at radius 3 is 2.36 bits per heavy atom. The van der Waals surface area contributed by atoms with Crippen LogP contribution >= 0.6 is 0 Å². The van der Waals surface area contributed by atoms with Gasteiger partial charge in [-0.15, -0.1) is 0 Å². The van der Waals surface area contributed by atoms with Crippen LogP contribution in [0.2, 0.25) is 0 Å². The van der Waals surface area contributed by atoms with E-state index in [1.165, 1.54) is 4.31 Å². The molecule has 0 aliphatic carbocycles. The van der Waals surface area contributed by atoms with Crippen LogP contribution in [0.4, 0.5) is 5.69 Å². The van der Waals surface area contributed by atoms with Crippen LogP contribution in [-0.2, 0) is 10.2 Å². The zero-order chi connectivity index (χ0) is 29.6. The minimum Gasteiger partial charge on any atom is -0.496 e. The molecule has 2 saturated heterocycles. The molecule has 1 aromatic heterocycles. The molecule has 0 atom stereocenters. The number of ether oxygens (including phenoxy) is 3. The first kappa shape index (κ1) is 28.2. The number of piperazine rings is 1. The van der Waals surface area contributed by atoms with Gasteiger partial charge >= 0.3 is 0 Å². The van der Waals surface area contributed by atoms with Gasteiger partial charge in [-0.1, -0.05) is 6.07 Å². The van der Waals surface area contributed by atoms with Crippen molar-refractivity contribution in [1.29, 1.82) is 0 Å². The van der Waals surface area contributed by atoms with Crippen LogP contribution in [-0.4, -0.2) is 93.4 Å². The molecule has 0 unspecified atom stereocenters. The molecule has 3 aliphatic heterocycles. The summed E-state index contributed by atoms with van der Waals surface area (Å²) < 4.78 is 42.0. The number of aromatic nitrogens is 1. The Hall–Kier alpha value is -3.94. The van der Waals surface area contributed by atoms with Gasteiger partial charge in [-0.2, -0.15) is 12.7 Å². The molecule has 3 aromatic rings. The van der Waals surface area contributed by atoms with Crippen molar-refractivity contribution in [3.05, 3.63) is 53.7 Å². The number of Topliss-reactive ketones (excluding diaryl/α,β-unsaturated/α-hetero) is 1. The molecule has 3 aliphatic rings. The van der Waals surface area contributed by atoms with E-state index in [-0.39, 0.29) is 36.9 Å². The second-order valence-corrected chi connectivity index (χ2v) is 12.4. The van der Waals surface area contributed by atoms with E-state index in [9.17, 15) is 18.0 Å². The number of amides is 1. The summed E-state index contributed by atoms with van der Waals surface area (Å²) in [5.74, 6) is 1.41. The van der Waals surface area contributed by atoms with Crippen LogP contribution in [0.1, 0.15) is 40.1 Å². The molecule has 13 heteroatoms. The van der Waals surface area contributed by atoms with Crippen molar-refractivity contribution in [2.45, 2.75) is 24.9 Å². The first-order valence-electron chi connectivity index (χ1n) is 13.8. The number of nitrogens with zero attached hydrogens (tertiary/aromatic N) is 4. The maximum atomic E-state index is 13.5. The van der Waals surface area contributed by atoms with E-state index in [1.54, 1.807) is 31.3 Å². The zero-order valence-electron chi connectivity index (χ0n) is 23.5. The van der Waals surface area contributed by atoms with Crippen molar-refractivity contribution < 1.29 is 32.2 Å². The highest BCUT2D eigenvalue weighted by molar-refractivity contribution is 7.86. The van der Waals surface area contributed by atoms with Crippen LogP contribution in [0.3, 0.4) is 0 Å². The molecular weight excluding hydrogens is 562 g/mol. The average Bonchev–Trinajstić information content (AvgIpc) is 2.99. The maximum Gasteiger partial charge on any atom is 0.277 e. The number of rotatable bonds is 5. The van der Waals surface area contributed by atoms with E-state index in [4.69, 9.17) is 19.3 Å². The number of para-hydroxylation sites is 1. The Morgan fingerprint density at radius 2 is 1.69 bits per heavy atom. The molecule has 2 N–H and O–H groups in total. The van der Waals surface area contributed by atoms with Gasteiger partial charge in [0.05, 0.1) is 26.2 Å². The number of carbonyl (C=O) groups excluding carboxylic acids is 2. The molecular formula is C29H33N5O7S. The number of carbonyl (C=O) groups is 2. The molecule has 1 spiro atoms. The Labute approximate surface area is 244 Å². The smallest absolute Gasteiger partial charge is 0.277 e. The molecule has 42 heavy (non-hydrogen) atoms. The third-order valence-electron chi connectivity index (χ3n) is 8.42. The predicted molar refractivity (Wildman–Crippen MR) is 156 cm³/mol.